The SMILES string of the molecule is Cc1cc(C)cc(-c2ccccc2P)c1. The zero-order valence-corrected chi connectivity index (χ0v) is 10.3. The van der Waals surface area contributed by atoms with E-state index in [9.17, 15) is 0 Å². The van der Waals surface area contributed by atoms with Crippen LogP contribution >= 0.6 is 9.24 Å². The van der Waals surface area contributed by atoms with Crippen LogP contribution in [0.3, 0.4) is 0 Å². The first-order valence-corrected chi connectivity index (χ1v) is 5.68. The fourth-order valence-electron chi connectivity index (χ4n) is 1.89. The van der Waals surface area contributed by atoms with Gasteiger partial charge in [0.2, 0.25) is 0 Å². The molecule has 0 fully saturated rings. The molecular formula is C14H15P. The molecule has 0 heterocycles. The van der Waals surface area contributed by atoms with Gasteiger partial charge in [0.15, 0.2) is 0 Å². The lowest BCUT2D eigenvalue weighted by Gasteiger charge is -2.07. The van der Waals surface area contributed by atoms with Crippen LogP contribution in [0.1, 0.15) is 11.1 Å². The van der Waals surface area contributed by atoms with E-state index >= 15 is 0 Å². The summed E-state index contributed by atoms with van der Waals surface area (Å²) < 4.78 is 0. The van der Waals surface area contributed by atoms with E-state index in [2.05, 4.69) is 65.6 Å². The van der Waals surface area contributed by atoms with Gasteiger partial charge in [-0.25, -0.2) is 0 Å². The molecule has 0 saturated carbocycles. The number of hydrogen-bond acceptors (Lipinski definition) is 0. The van der Waals surface area contributed by atoms with Crippen molar-refractivity contribution in [3.8, 4) is 11.1 Å². The molecule has 0 aliphatic heterocycles. The topological polar surface area (TPSA) is 0 Å². The van der Waals surface area contributed by atoms with Crippen molar-refractivity contribution >= 4 is 14.5 Å². The smallest absolute Gasteiger partial charge is 0.0112 e. The van der Waals surface area contributed by atoms with Gasteiger partial charge in [-0.15, -0.1) is 9.24 Å². The lowest BCUT2D eigenvalue weighted by Crippen LogP contribution is -1.96. The molecule has 76 valence electrons. The zero-order valence-electron chi connectivity index (χ0n) is 9.12. The first kappa shape index (κ1) is 10.4. The summed E-state index contributed by atoms with van der Waals surface area (Å²) in [5.41, 5.74) is 5.24. The third-order valence-corrected chi connectivity index (χ3v) is 3.00. The van der Waals surface area contributed by atoms with Crippen molar-refractivity contribution in [1.29, 1.82) is 0 Å². The van der Waals surface area contributed by atoms with Gasteiger partial charge >= 0.3 is 0 Å². The zero-order chi connectivity index (χ0) is 10.8. The van der Waals surface area contributed by atoms with Gasteiger partial charge < -0.3 is 0 Å². The van der Waals surface area contributed by atoms with Crippen LogP contribution in [0.15, 0.2) is 42.5 Å². The molecule has 2 aromatic carbocycles. The molecule has 0 N–H and O–H groups in total. The van der Waals surface area contributed by atoms with Crippen molar-refractivity contribution < 1.29 is 0 Å². The normalized spacial score (nSPS) is 10.3. The van der Waals surface area contributed by atoms with Gasteiger partial charge in [-0.1, -0.05) is 53.6 Å². The molecule has 0 aromatic heterocycles. The molecule has 0 amide bonds. The Morgan fingerprint density at radius 1 is 0.867 bits per heavy atom. The van der Waals surface area contributed by atoms with Gasteiger partial charge in [0.25, 0.3) is 0 Å². The van der Waals surface area contributed by atoms with Gasteiger partial charge in [0.05, 0.1) is 0 Å². The minimum Gasteiger partial charge on any atom is -0.105 e. The summed E-state index contributed by atoms with van der Waals surface area (Å²) in [5, 5.41) is 1.25. The molecule has 0 saturated heterocycles. The van der Waals surface area contributed by atoms with Crippen molar-refractivity contribution in [1.82, 2.24) is 0 Å². The second-order valence-corrected chi connectivity index (χ2v) is 4.59. The van der Waals surface area contributed by atoms with E-state index in [1.54, 1.807) is 0 Å². The highest BCUT2D eigenvalue weighted by Gasteiger charge is 2.01. The molecule has 15 heavy (non-hydrogen) atoms. The Morgan fingerprint density at radius 2 is 1.47 bits per heavy atom. The van der Waals surface area contributed by atoms with Gasteiger partial charge in [-0.2, -0.15) is 0 Å². The average molecular weight is 214 g/mol. The molecule has 0 spiro atoms. The summed E-state index contributed by atoms with van der Waals surface area (Å²) in [6, 6.07) is 15.1. The van der Waals surface area contributed by atoms with Crippen LogP contribution in [0, 0.1) is 13.8 Å². The predicted molar refractivity (Wildman–Crippen MR) is 70.7 cm³/mol. The summed E-state index contributed by atoms with van der Waals surface area (Å²) in [5.74, 6) is 0. The van der Waals surface area contributed by atoms with Crippen molar-refractivity contribution in [2.24, 2.45) is 0 Å². The van der Waals surface area contributed by atoms with Crippen molar-refractivity contribution in [3.05, 3.63) is 53.6 Å². The van der Waals surface area contributed by atoms with E-state index in [-0.39, 0.29) is 0 Å². The lowest BCUT2D eigenvalue weighted by atomic mass is 10.0. The third kappa shape index (κ3) is 2.27. The molecule has 1 heteroatoms. The summed E-state index contributed by atoms with van der Waals surface area (Å²) in [6.45, 7) is 4.28. The summed E-state index contributed by atoms with van der Waals surface area (Å²) in [6.07, 6.45) is 0. The molecule has 0 nitrogen and oxygen atoms in total. The van der Waals surface area contributed by atoms with Crippen LogP contribution in [0.5, 0.6) is 0 Å². The molecule has 0 radical (unpaired) electrons. The van der Waals surface area contributed by atoms with Crippen molar-refractivity contribution in [3.63, 3.8) is 0 Å². The van der Waals surface area contributed by atoms with Gasteiger partial charge in [0, 0.05) is 0 Å². The number of rotatable bonds is 1. The van der Waals surface area contributed by atoms with Crippen LogP contribution in [0.25, 0.3) is 11.1 Å². The largest absolute Gasteiger partial charge is 0.105 e. The number of aryl methyl sites for hydroxylation is 2. The van der Waals surface area contributed by atoms with Crippen LogP contribution in [0.4, 0.5) is 0 Å². The minimum absolute atomic E-state index is 1.25. The minimum atomic E-state index is 1.25. The van der Waals surface area contributed by atoms with Crippen molar-refractivity contribution in [2.75, 3.05) is 0 Å². The van der Waals surface area contributed by atoms with Crippen LogP contribution in [0.2, 0.25) is 0 Å². The fraction of sp³-hybridized carbons (Fsp3) is 0.143. The van der Waals surface area contributed by atoms with Gasteiger partial charge in [-0.3, -0.25) is 0 Å². The Labute approximate surface area is 93.5 Å². The Morgan fingerprint density at radius 3 is 2.07 bits per heavy atom. The Bertz CT molecular complexity index is 466. The van der Waals surface area contributed by atoms with E-state index in [4.69, 9.17) is 0 Å². The lowest BCUT2D eigenvalue weighted by molar-refractivity contribution is 1.39. The highest BCUT2D eigenvalue weighted by Crippen LogP contribution is 2.21. The standard InChI is InChI=1S/C14H15P/c1-10-7-11(2)9-12(8-10)13-5-3-4-6-14(13)15/h3-9H,15H2,1-2H3. The fourth-order valence-corrected chi connectivity index (χ4v) is 2.26. The Hall–Kier alpha value is -1.13. The predicted octanol–water partition coefficient (Wildman–Crippen LogP) is 3.47. The van der Waals surface area contributed by atoms with E-state index in [1.807, 2.05) is 0 Å². The first-order valence-electron chi connectivity index (χ1n) is 5.10. The molecule has 1 unspecified atom stereocenters. The molecule has 0 aliphatic rings. The third-order valence-electron chi connectivity index (χ3n) is 2.49. The first-order chi connectivity index (χ1) is 7.16. The maximum atomic E-state index is 2.79. The Balaban J connectivity index is 2.59. The van der Waals surface area contributed by atoms with Crippen LogP contribution in [-0.4, -0.2) is 0 Å². The maximum absolute atomic E-state index is 2.79. The summed E-state index contributed by atoms with van der Waals surface area (Å²) in [7, 11) is 2.79. The maximum Gasteiger partial charge on any atom is -0.0112 e. The van der Waals surface area contributed by atoms with Crippen molar-refractivity contribution in [2.45, 2.75) is 13.8 Å². The van der Waals surface area contributed by atoms with E-state index < -0.39 is 0 Å². The summed E-state index contributed by atoms with van der Waals surface area (Å²) >= 11 is 0. The quantitative estimate of drug-likeness (QED) is 0.638. The molecule has 0 bridgehead atoms. The Kier molecular flexibility index (Phi) is 2.88. The van der Waals surface area contributed by atoms with Gasteiger partial charge in [-0.05, 0) is 30.3 Å². The highest BCUT2D eigenvalue weighted by molar-refractivity contribution is 7.28. The molecule has 2 rings (SSSR count). The van der Waals surface area contributed by atoms with E-state index in [0.717, 1.165) is 0 Å². The molecule has 1 atom stereocenters. The number of hydrogen-bond donors (Lipinski definition) is 0. The average Bonchev–Trinajstić information content (AvgIpc) is 2.16. The monoisotopic (exact) mass is 214 g/mol. The van der Waals surface area contributed by atoms with Crippen LogP contribution in [-0.2, 0) is 0 Å². The second kappa shape index (κ2) is 4.16. The molecular weight excluding hydrogens is 199 g/mol. The second-order valence-electron chi connectivity index (χ2n) is 3.96. The van der Waals surface area contributed by atoms with E-state index in [0.29, 0.717) is 0 Å². The van der Waals surface area contributed by atoms with Gasteiger partial charge in [0.1, 0.15) is 0 Å². The molecule has 2 aromatic rings. The summed E-state index contributed by atoms with van der Waals surface area (Å²) in [4.78, 5) is 0. The highest BCUT2D eigenvalue weighted by atomic mass is 31.0. The van der Waals surface area contributed by atoms with Crippen LogP contribution < -0.4 is 5.30 Å². The number of benzene rings is 2. The van der Waals surface area contributed by atoms with E-state index in [1.165, 1.54) is 27.6 Å². The molecule has 0 aliphatic carbocycles.